The van der Waals surface area contributed by atoms with E-state index in [-0.39, 0.29) is 18.9 Å². The molecule has 2 rings (SSSR count). The first-order chi connectivity index (χ1) is 8.92. The van der Waals surface area contributed by atoms with E-state index in [4.69, 9.17) is 0 Å². The Morgan fingerprint density at radius 1 is 1.16 bits per heavy atom. The minimum atomic E-state index is -4.15. The molecule has 0 radical (unpaired) electrons. The van der Waals surface area contributed by atoms with E-state index in [9.17, 15) is 13.2 Å². The second kappa shape index (κ2) is 5.16. The minimum Gasteiger partial charge on any atom is -0.297 e. The van der Waals surface area contributed by atoms with Crippen molar-refractivity contribution in [1.29, 1.82) is 0 Å². The molecule has 0 amide bonds. The van der Waals surface area contributed by atoms with Crippen LogP contribution >= 0.6 is 0 Å². The third kappa shape index (κ3) is 2.94. The van der Waals surface area contributed by atoms with Gasteiger partial charge in [-0.1, -0.05) is 38.1 Å². The molecule has 1 atom stereocenters. The maximum absolute atomic E-state index is 13.0. The molecule has 1 aliphatic carbocycles. The minimum absolute atomic E-state index is 0.194. The molecule has 0 aliphatic heterocycles. The van der Waals surface area contributed by atoms with Crippen molar-refractivity contribution in [3.63, 3.8) is 0 Å². The normalized spacial score (nSPS) is 19.2. The van der Waals surface area contributed by atoms with Gasteiger partial charge >= 0.3 is 6.18 Å². The van der Waals surface area contributed by atoms with Crippen molar-refractivity contribution in [1.82, 2.24) is 5.32 Å². The highest BCUT2D eigenvalue weighted by Crippen LogP contribution is 2.50. The highest BCUT2D eigenvalue weighted by atomic mass is 19.4. The molecule has 1 aliphatic rings. The van der Waals surface area contributed by atoms with Crippen molar-refractivity contribution >= 4 is 0 Å². The molecule has 0 bridgehead atoms. The van der Waals surface area contributed by atoms with E-state index in [0.717, 1.165) is 12.0 Å². The lowest BCUT2D eigenvalue weighted by Gasteiger charge is -2.27. The van der Waals surface area contributed by atoms with Crippen molar-refractivity contribution < 1.29 is 13.2 Å². The van der Waals surface area contributed by atoms with E-state index < -0.39 is 11.7 Å². The van der Waals surface area contributed by atoms with E-state index in [1.807, 2.05) is 31.2 Å². The molecular weight excluding hydrogens is 251 g/mol. The molecule has 106 valence electrons. The fraction of sp³-hybridized carbons (Fsp3) is 0.600. The Bertz CT molecular complexity index is 418. The number of rotatable bonds is 5. The van der Waals surface area contributed by atoms with Crippen LogP contribution in [0, 0.1) is 0 Å². The van der Waals surface area contributed by atoms with Crippen LogP contribution in [0.4, 0.5) is 13.2 Å². The summed E-state index contributed by atoms with van der Waals surface area (Å²) < 4.78 is 38.9. The summed E-state index contributed by atoms with van der Waals surface area (Å²) in [4.78, 5) is 0. The van der Waals surface area contributed by atoms with Gasteiger partial charge in [-0.05, 0) is 36.8 Å². The fourth-order valence-electron chi connectivity index (χ4n) is 2.37. The molecule has 0 saturated heterocycles. The molecule has 4 heteroatoms. The first-order valence-electron chi connectivity index (χ1n) is 6.85. The fourth-order valence-corrected chi connectivity index (χ4v) is 2.37. The predicted molar refractivity (Wildman–Crippen MR) is 70.0 cm³/mol. The standard InChI is InChI=1S/C15H20F3N/c1-3-11-5-7-12(8-6-11)13(4-2)19-14(9-10-14)15(16,17)18/h5-8,13,19H,3-4,9-10H2,1-2H3. The molecule has 1 nitrogen and oxygen atoms in total. The number of alkyl halides is 3. The number of aryl methyl sites for hydroxylation is 1. The highest BCUT2D eigenvalue weighted by molar-refractivity contribution is 5.26. The van der Waals surface area contributed by atoms with Crippen LogP contribution in [0.25, 0.3) is 0 Å². The SMILES string of the molecule is CCc1ccc(C(CC)NC2(C(F)(F)F)CC2)cc1. The largest absolute Gasteiger partial charge is 0.406 e. The van der Waals surface area contributed by atoms with Crippen LogP contribution in [0.2, 0.25) is 0 Å². The molecule has 1 N–H and O–H groups in total. The van der Waals surface area contributed by atoms with Crippen LogP contribution in [0.1, 0.15) is 50.3 Å². The van der Waals surface area contributed by atoms with E-state index in [1.165, 1.54) is 5.56 Å². The topological polar surface area (TPSA) is 12.0 Å². The average molecular weight is 271 g/mol. The first-order valence-corrected chi connectivity index (χ1v) is 6.85. The van der Waals surface area contributed by atoms with Gasteiger partial charge in [-0.15, -0.1) is 0 Å². The lowest BCUT2D eigenvalue weighted by Crippen LogP contribution is -2.46. The van der Waals surface area contributed by atoms with Gasteiger partial charge in [-0.25, -0.2) is 0 Å². The van der Waals surface area contributed by atoms with E-state index >= 15 is 0 Å². The van der Waals surface area contributed by atoms with Gasteiger partial charge in [0.05, 0.1) is 0 Å². The van der Waals surface area contributed by atoms with Gasteiger partial charge in [0.25, 0.3) is 0 Å². The zero-order valence-electron chi connectivity index (χ0n) is 11.3. The molecule has 1 aromatic rings. The molecule has 1 saturated carbocycles. The smallest absolute Gasteiger partial charge is 0.297 e. The summed E-state index contributed by atoms with van der Waals surface area (Å²) in [5.41, 5.74) is 0.502. The Kier molecular flexibility index (Phi) is 3.90. The zero-order valence-corrected chi connectivity index (χ0v) is 11.3. The highest BCUT2D eigenvalue weighted by Gasteiger charge is 2.63. The summed E-state index contributed by atoms with van der Waals surface area (Å²) in [7, 11) is 0. The van der Waals surface area contributed by atoms with Crippen LogP contribution in [0.3, 0.4) is 0 Å². The maximum Gasteiger partial charge on any atom is 0.406 e. The summed E-state index contributed by atoms with van der Waals surface area (Å²) in [6.45, 7) is 3.98. The Hall–Kier alpha value is -1.03. The Labute approximate surface area is 112 Å². The van der Waals surface area contributed by atoms with E-state index in [1.54, 1.807) is 0 Å². The van der Waals surface area contributed by atoms with E-state index in [2.05, 4.69) is 12.2 Å². The van der Waals surface area contributed by atoms with Gasteiger partial charge in [-0.2, -0.15) is 13.2 Å². The van der Waals surface area contributed by atoms with Gasteiger partial charge in [0, 0.05) is 6.04 Å². The lowest BCUT2D eigenvalue weighted by atomic mass is 10.0. The quantitative estimate of drug-likeness (QED) is 0.837. The summed E-state index contributed by atoms with van der Waals surface area (Å²) in [6.07, 6.45) is -2.16. The van der Waals surface area contributed by atoms with Gasteiger partial charge < -0.3 is 0 Å². The summed E-state index contributed by atoms with van der Waals surface area (Å²) in [5, 5.41) is 2.82. The molecular formula is C15H20F3N. The average Bonchev–Trinajstić information content (AvgIpc) is 3.17. The molecule has 1 aromatic carbocycles. The monoisotopic (exact) mass is 271 g/mol. The van der Waals surface area contributed by atoms with Crippen molar-refractivity contribution in [3.8, 4) is 0 Å². The summed E-state index contributed by atoms with van der Waals surface area (Å²) >= 11 is 0. The molecule has 0 spiro atoms. The van der Waals surface area contributed by atoms with Gasteiger partial charge in [-0.3, -0.25) is 5.32 Å². The number of halogens is 3. The van der Waals surface area contributed by atoms with E-state index in [0.29, 0.717) is 6.42 Å². The number of hydrogen-bond acceptors (Lipinski definition) is 1. The van der Waals surface area contributed by atoms with Crippen LogP contribution in [-0.2, 0) is 6.42 Å². The third-order valence-electron chi connectivity index (χ3n) is 3.94. The maximum atomic E-state index is 13.0. The van der Waals surface area contributed by atoms with Gasteiger partial charge in [0.2, 0.25) is 0 Å². The Balaban J connectivity index is 2.12. The zero-order chi connectivity index (χ0) is 14.1. The molecule has 1 unspecified atom stereocenters. The molecule has 0 heterocycles. The van der Waals surface area contributed by atoms with Crippen LogP contribution in [0.5, 0.6) is 0 Å². The second-order valence-corrected chi connectivity index (χ2v) is 5.28. The molecule has 0 aromatic heterocycles. The molecule has 1 fully saturated rings. The lowest BCUT2D eigenvalue weighted by molar-refractivity contribution is -0.168. The first kappa shape index (κ1) is 14.4. The number of benzene rings is 1. The van der Waals surface area contributed by atoms with Crippen LogP contribution < -0.4 is 5.32 Å². The predicted octanol–water partition coefficient (Wildman–Crippen LogP) is 4.38. The van der Waals surface area contributed by atoms with Crippen molar-refractivity contribution in [3.05, 3.63) is 35.4 Å². The van der Waals surface area contributed by atoms with Crippen molar-refractivity contribution in [2.24, 2.45) is 0 Å². The van der Waals surface area contributed by atoms with Crippen molar-refractivity contribution in [2.45, 2.75) is 57.3 Å². The molecule has 19 heavy (non-hydrogen) atoms. The Morgan fingerprint density at radius 2 is 1.74 bits per heavy atom. The third-order valence-corrected chi connectivity index (χ3v) is 3.94. The van der Waals surface area contributed by atoms with Crippen molar-refractivity contribution in [2.75, 3.05) is 0 Å². The van der Waals surface area contributed by atoms with Crippen LogP contribution in [0.15, 0.2) is 24.3 Å². The Morgan fingerprint density at radius 3 is 2.11 bits per heavy atom. The van der Waals surface area contributed by atoms with Crippen LogP contribution in [-0.4, -0.2) is 11.7 Å². The summed E-state index contributed by atoms with van der Waals surface area (Å²) in [6, 6.07) is 7.63. The second-order valence-electron chi connectivity index (χ2n) is 5.28. The van der Waals surface area contributed by atoms with Gasteiger partial charge in [0.15, 0.2) is 0 Å². The number of nitrogens with one attached hydrogen (secondary N) is 1. The van der Waals surface area contributed by atoms with Gasteiger partial charge in [0.1, 0.15) is 5.54 Å². The summed E-state index contributed by atoms with van der Waals surface area (Å²) in [5.74, 6) is 0. The number of hydrogen-bond donors (Lipinski definition) is 1.